The lowest BCUT2D eigenvalue weighted by Gasteiger charge is -2.38. The summed E-state index contributed by atoms with van der Waals surface area (Å²) in [6.45, 7) is 5.40. The Balaban J connectivity index is 2.18. The Kier molecular flexibility index (Phi) is 8.71. The number of nitrogens with zero attached hydrogens (tertiary/aromatic N) is 1. The first kappa shape index (κ1) is 29.1. The molecule has 2 aromatic rings. The van der Waals surface area contributed by atoms with E-state index < -0.39 is 27.6 Å². The number of fused-ring (bicyclic) bond motifs is 1. The number of anilines is 1. The highest BCUT2D eigenvalue weighted by Gasteiger charge is 2.35. The average molecular weight is 571 g/mol. The SMILES string of the molecule is CN(C(=O)OC(C)(C)C)[C@H]1CC[C@@H](c2ccc(Cl)c(Cl)c2)c2cc(CCC(N)=O)c(NS(C)(=O)=O)cc21. The van der Waals surface area contributed by atoms with Gasteiger partial charge in [-0.15, -0.1) is 0 Å². The van der Waals surface area contributed by atoms with Crippen LogP contribution in [0.4, 0.5) is 10.5 Å². The van der Waals surface area contributed by atoms with Gasteiger partial charge in [-0.3, -0.25) is 9.52 Å². The molecule has 2 aromatic carbocycles. The van der Waals surface area contributed by atoms with E-state index in [1.807, 2.05) is 18.2 Å². The van der Waals surface area contributed by atoms with Gasteiger partial charge >= 0.3 is 6.09 Å². The topological polar surface area (TPSA) is 119 Å². The zero-order valence-corrected chi connectivity index (χ0v) is 23.9. The predicted octanol–water partition coefficient (Wildman–Crippen LogP) is 5.62. The van der Waals surface area contributed by atoms with Gasteiger partial charge in [0.25, 0.3) is 0 Å². The smallest absolute Gasteiger partial charge is 0.410 e. The number of rotatable bonds is 7. The van der Waals surface area contributed by atoms with E-state index in [9.17, 15) is 18.0 Å². The van der Waals surface area contributed by atoms with Crippen molar-refractivity contribution in [2.75, 3.05) is 18.0 Å². The van der Waals surface area contributed by atoms with Crippen LogP contribution in [0.5, 0.6) is 0 Å². The van der Waals surface area contributed by atoms with Crippen molar-refractivity contribution in [3.8, 4) is 0 Å². The second-order valence-corrected chi connectivity index (χ2v) is 13.0. The molecule has 1 aliphatic carbocycles. The van der Waals surface area contributed by atoms with Crippen LogP contribution in [0.2, 0.25) is 10.0 Å². The van der Waals surface area contributed by atoms with Gasteiger partial charge in [-0.25, -0.2) is 13.2 Å². The first-order valence-electron chi connectivity index (χ1n) is 11.9. The van der Waals surface area contributed by atoms with Crippen LogP contribution in [0.3, 0.4) is 0 Å². The zero-order chi connectivity index (χ0) is 27.7. The molecular formula is C26H33Cl2N3O5S. The maximum Gasteiger partial charge on any atom is 0.410 e. The quantitative estimate of drug-likeness (QED) is 0.448. The number of hydrogen-bond donors (Lipinski definition) is 2. The molecule has 202 valence electrons. The van der Waals surface area contributed by atoms with E-state index >= 15 is 0 Å². The number of hydrogen-bond acceptors (Lipinski definition) is 5. The summed E-state index contributed by atoms with van der Waals surface area (Å²) in [5.74, 6) is -0.584. The van der Waals surface area contributed by atoms with Crippen molar-refractivity contribution in [2.24, 2.45) is 5.73 Å². The van der Waals surface area contributed by atoms with Crippen LogP contribution in [0.1, 0.15) is 74.2 Å². The fourth-order valence-corrected chi connectivity index (χ4v) is 5.50. The van der Waals surface area contributed by atoms with Crippen molar-refractivity contribution < 1.29 is 22.7 Å². The van der Waals surface area contributed by atoms with Gasteiger partial charge in [-0.2, -0.15) is 0 Å². The minimum Gasteiger partial charge on any atom is -0.444 e. The average Bonchev–Trinajstić information content (AvgIpc) is 2.76. The molecule has 0 aromatic heterocycles. The molecule has 0 saturated heterocycles. The van der Waals surface area contributed by atoms with Crippen molar-refractivity contribution in [2.45, 2.75) is 64.0 Å². The monoisotopic (exact) mass is 569 g/mol. The van der Waals surface area contributed by atoms with Crippen LogP contribution in [0.25, 0.3) is 0 Å². The molecule has 3 N–H and O–H groups in total. The molecule has 11 heteroatoms. The van der Waals surface area contributed by atoms with Gasteiger partial charge in [-0.1, -0.05) is 35.3 Å². The Morgan fingerprint density at radius 3 is 2.35 bits per heavy atom. The molecule has 0 fully saturated rings. The van der Waals surface area contributed by atoms with E-state index in [-0.39, 0.29) is 24.8 Å². The maximum atomic E-state index is 13.0. The van der Waals surface area contributed by atoms with Gasteiger partial charge in [0.2, 0.25) is 15.9 Å². The first-order valence-corrected chi connectivity index (χ1v) is 14.5. The van der Waals surface area contributed by atoms with Crippen LogP contribution in [-0.4, -0.2) is 44.2 Å². The molecule has 0 radical (unpaired) electrons. The highest BCUT2D eigenvalue weighted by Crippen LogP contribution is 2.46. The standard InChI is InChI=1S/C26H33Cl2N3O5S/c1-26(2,3)36-25(33)31(4)23-10-8-17(15-6-9-20(27)21(28)13-15)18-12-16(7-11-24(29)32)22(14-19(18)23)30-37(5,34)35/h6,9,12-14,17,23,30H,7-8,10-11H2,1-5H3,(H2,29,32)/t17-,23-/m0/s1. The molecule has 0 saturated carbocycles. The predicted molar refractivity (Wildman–Crippen MR) is 147 cm³/mol. The number of amides is 2. The summed E-state index contributed by atoms with van der Waals surface area (Å²) in [4.78, 5) is 26.1. The summed E-state index contributed by atoms with van der Waals surface area (Å²) in [7, 11) is -1.95. The van der Waals surface area contributed by atoms with Gasteiger partial charge in [0.05, 0.1) is 28.0 Å². The van der Waals surface area contributed by atoms with Gasteiger partial charge in [0, 0.05) is 19.4 Å². The fraction of sp³-hybridized carbons (Fsp3) is 0.462. The molecular weight excluding hydrogens is 537 g/mol. The summed E-state index contributed by atoms with van der Waals surface area (Å²) in [5, 5.41) is 0.872. The number of aryl methyl sites for hydroxylation is 1. The van der Waals surface area contributed by atoms with E-state index in [1.54, 1.807) is 44.9 Å². The van der Waals surface area contributed by atoms with Crippen LogP contribution >= 0.6 is 23.2 Å². The minimum absolute atomic E-state index is 0.0515. The molecule has 37 heavy (non-hydrogen) atoms. The number of nitrogens with two attached hydrogens (primary N) is 1. The molecule has 0 bridgehead atoms. The Hall–Kier alpha value is -2.49. The Labute approximate surface area is 228 Å². The Morgan fingerprint density at radius 1 is 1.11 bits per heavy atom. The largest absolute Gasteiger partial charge is 0.444 e. The first-order chi connectivity index (χ1) is 17.1. The van der Waals surface area contributed by atoms with E-state index in [4.69, 9.17) is 33.7 Å². The number of benzene rings is 2. The number of nitrogens with one attached hydrogen (secondary N) is 1. The molecule has 0 aliphatic heterocycles. The molecule has 3 rings (SSSR count). The van der Waals surface area contributed by atoms with Crippen molar-refractivity contribution in [1.29, 1.82) is 0 Å². The van der Waals surface area contributed by atoms with Gasteiger partial charge in [0.15, 0.2) is 0 Å². The highest BCUT2D eigenvalue weighted by atomic mass is 35.5. The molecule has 0 heterocycles. The van der Waals surface area contributed by atoms with Crippen LogP contribution in [0, 0.1) is 0 Å². The molecule has 0 spiro atoms. The van der Waals surface area contributed by atoms with Crippen LogP contribution in [0.15, 0.2) is 30.3 Å². The summed E-state index contributed by atoms with van der Waals surface area (Å²) < 4.78 is 32.5. The Morgan fingerprint density at radius 2 is 1.78 bits per heavy atom. The van der Waals surface area contributed by atoms with Gasteiger partial charge in [0.1, 0.15) is 5.60 Å². The lowest BCUT2D eigenvalue weighted by molar-refractivity contribution is -0.118. The van der Waals surface area contributed by atoms with E-state index in [2.05, 4.69) is 4.72 Å². The molecule has 2 atom stereocenters. The maximum absolute atomic E-state index is 13.0. The molecule has 8 nitrogen and oxygen atoms in total. The third-order valence-electron chi connectivity index (χ3n) is 6.20. The zero-order valence-electron chi connectivity index (χ0n) is 21.6. The number of primary amides is 1. The third-order valence-corrected chi connectivity index (χ3v) is 7.53. The molecule has 1 aliphatic rings. The van der Waals surface area contributed by atoms with E-state index in [0.717, 1.165) is 22.9 Å². The number of halogens is 2. The van der Waals surface area contributed by atoms with Gasteiger partial charge in [-0.05, 0) is 80.5 Å². The van der Waals surface area contributed by atoms with Gasteiger partial charge < -0.3 is 15.4 Å². The highest BCUT2D eigenvalue weighted by molar-refractivity contribution is 7.92. The molecule has 0 unspecified atom stereocenters. The van der Waals surface area contributed by atoms with Crippen molar-refractivity contribution >= 4 is 50.9 Å². The second kappa shape index (κ2) is 11.1. The van der Waals surface area contributed by atoms with E-state index in [0.29, 0.717) is 34.1 Å². The summed E-state index contributed by atoms with van der Waals surface area (Å²) in [6.07, 6.45) is 2.18. The summed E-state index contributed by atoms with van der Waals surface area (Å²) in [6, 6.07) is 8.75. The number of carbonyl (C=O) groups is 2. The number of carbonyl (C=O) groups excluding carboxylic acids is 2. The second-order valence-electron chi connectivity index (χ2n) is 10.4. The number of ether oxygens (including phenoxy) is 1. The molecule has 2 amide bonds. The van der Waals surface area contributed by atoms with Crippen LogP contribution in [-0.2, 0) is 26.0 Å². The third kappa shape index (κ3) is 7.52. The fourth-order valence-electron chi connectivity index (χ4n) is 4.60. The Bertz CT molecular complexity index is 1310. The lowest BCUT2D eigenvalue weighted by atomic mass is 9.75. The van der Waals surface area contributed by atoms with Crippen molar-refractivity contribution in [3.05, 3.63) is 62.6 Å². The van der Waals surface area contributed by atoms with Crippen molar-refractivity contribution in [3.63, 3.8) is 0 Å². The lowest BCUT2D eigenvalue weighted by Crippen LogP contribution is -2.38. The van der Waals surface area contributed by atoms with Crippen molar-refractivity contribution in [1.82, 2.24) is 4.90 Å². The summed E-state index contributed by atoms with van der Waals surface area (Å²) in [5.41, 5.74) is 8.33. The summed E-state index contributed by atoms with van der Waals surface area (Å²) >= 11 is 12.5. The van der Waals surface area contributed by atoms with E-state index in [1.165, 1.54) is 0 Å². The number of sulfonamides is 1. The normalized spacial score (nSPS) is 17.6. The van der Waals surface area contributed by atoms with Crippen LogP contribution < -0.4 is 10.5 Å². The minimum atomic E-state index is -3.62.